The van der Waals surface area contributed by atoms with Crippen LogP contribution in [0.4, 0.5) is 0 Å². The molecule has 0 atom stereocenters. The fourth-order valence-electron chi connectivity index (χ4n) is 14.3. The van der Waals surface area contributed by atoms with Crippen molar-refractivity contribution in [3.63, 3.8) is 0 Å². The summed E-state index contributed by atoms with van der Waals surface area (Å²) in [5, 5.41) is 21.6. The third kappa shape index (κ3) is 7.68. The molecule has 10 aromatic carbocycles. The van der Waals surface area contributed by atoms with E-state index in [9.17, 15) is 5.26 Å². The zero-order chi connectivity index (χ0) is 59.4. The molecule has 0 aliphatic heterocycles. The van der Waals surface area contributed by atoms with Gasteiger partial charge in [0.15, 0.2) is 0 Å². The van der Waals surface area contributed by atoms with E-state index in [1.165, 1.54) is 0 Å². The minimum Gasteiger partial charge on any atom is -0.306 e. The zero-order valence-electron chi connectivity index (χ0n) is 48.3. The number of aromatic nitrogens is 8. The lowest BCUT2D eigenvalue weighted by molar-refractivity contribution is 1.04. The van der Waals surface area contributed by atoms with Crippen LogP contribution in [0.3, 0.4) is 0 Å². The molecule has 0 N–H and O–H groups in total. The Kier molecular flexibility index (Phi) is 11.5. The number of pyridine rings is 4. The minimum absolute atomic E-state index is 0.487. The Morgan fingerprint density at radius 2 is 0.500 bits per heavy atom. The topological polar surface area (TPSA) is 95.1 Å². The molecule has 0 bridgehead atoms. The number of rotatable bonds is 9. The van der Waals surface area contributed by atoms with E-state index >= 15 is 0 Å². The average molecular weight is 1150 g/mol. The van der Waals surface area contributed by atoms with Crippen molar-refractivity contribution in [1.82, 2.24) is 38.2 Å². The Balaban J connectivity index is 1.12. The monoisotopic (exact) mass is 1150 g/mol. The molecular formula is C81H49N9. The molecule has 0 saturated heterocycles. The quantitative estimate of drug-likeness (QED) is 0.143. The molecule has 18 aromatic rings. The van der Waals surface area contributed by atoms with E-state index in [0.717, 1.165) is 166 Å². The molecule has 0 unspecified atom stereocenters. The third-order valence-corrected chi connectivity index (χ3v) is 18.1. The summed E-state index contributed by atoms with van der Waals surface area (Å²) in [6, 6.07) is 92.1. The van der Waals surface area contributed by atoms with E-state index in [-0.39, 0.29) is 0 Å². The van der Waals surface area contributed by atoms with Gasteiger partial charge in [0, 0.05) is 120 Å². The molecule has 418 valence electrons. The van der Waals surface area contributed by atoms with Crippen LogP contribution >= 0.6 is 0 Å². The van der Waals surface area contributed by atoms with Crippen molar-refractivity contribution in [3.8, 4) is 84.5 Å². The van der Waals surface area contributed by atoms with E-state index in [1.54, 1.807) is 0 Å². The lowest BCUT2D eigenvalue weighted by atomic mass is 9.93. The van der Waals surface area contributed by atoms with Crippen molar-refractivity contribution in [3.05, 3.63) is 304 Å². The maximum absolute atomic E-state index is 13.2. The second kappa shape index (κ2) is 20.3. The maximum atomic E-state index is 13.2. The Morgan fingerprint density at radius 1 is 0.233 bits per heavy atom. The summed E-state index contributed by atoms with van der Waals surface area (Å²) in [7, 11) is 0. The van der Waals surface area contributed by atoms with Crippen molar-refractivity contribution in [2.75, 3.05) is 0 Å². The van der Waals surface area contributed by atoms with Gasteiger partial charge in [-0.25, -0.2) is 0 Å². The molecule has 18 rings (SSSR count). The van der Waals surface area contributed by atoms with Crippen LogP contribution in [-0.2, 0) is 0 Å². The maximum Gasteiger partial charge on any atom is 0.104 e. The van der Waals surface area contributed by atoms with Gasteiger partial charge in [-0.05, 0) is 125 Å². The van der Waals surface area contributed by atoms with E-state index in [0.29, 0.717) is 5.56 Å². The minimum atomic E-state index is 0.487. The van der Waals surface area contributed by atoms with Gasteiger partial charge in [0.25, 0.3) is 0 Å². The normalized spacial score (nSPS) is 11.8. The van der Waals surface area contributed by atoms with E-state index in [2.05, 4.69) is 269 Å². The molecule has 9 nitrogen and oxygen atoms in total. The Bertz CT molecular complexity index is 5320. The second-order valence-corrected chi connectivity index (χ2v) is 22.9. The van der Waals surface area contributed by atoms with Crippen LogP contribution in [0.1, 0.15) is 5.56 Å². The van der Waals surface area contributed by atoms with Crippen molar-refractivity contribution in [2.24, 2.45) is 0 Å². The Morgan fingerprint density at radius 3 is 0.789 bits per heavy atom. The molecule has 0 fully saturated rings. The predicted octanol–water partition coefficient (Wildman–Crippen LogP) is 19.9. The van der Waals surface area contributed by atoms with Crippen LogP contribution in [-0.4, -0.2) is 38.2 Å². The van der Waals surface area contributed by atoms with Crippen molar-refractivity contribution in [2.45, 2.75) is 0 Å². The fourth-order valence-corrected chi connectivity index (χ4v) is 14.3. The van der Waals surface area contributed by atoms with Crippen molar-refractivity contribution in [1.29, 1.82) is 5.26 Å². The van der Waals surface area contributed by atoms with Gasteiger partial charge in [0.1, 0.15) is 11.6 Å². The van der Waals surface area contributed by atoms with Gasteiger partial charge >= 0.3 is 0 Å². The molecule has 0 radical (unpaired) electrons. The third-order valence-electron chi connectivity index (χ3n) is 18.1. The number of hydrogen-bond donors (Lipinski definition) is 0. The largest absolute Gasteiger partial charge is 0.306 e. The summed E-state index contributed by atoms with van der Waals surface area (Å²) >= 11 is 0. The predicted molar refractivity (Wildman–Crippen MR) is 367 cm³/mol. The van der Waals surface area contributed by atoms with Crippen LogP contribution in [0.2, 0.25) is 0 Å². The van der Waals surface area contributed by atoms with E-state index < -0.39 is 0 Å². The summed E-state index contributed by atoms with van der Waals surface area (Å²) < 4.78 is 9.68. The molecular weight excluding hydrogens is 1100 g/mol. The Hall–Kier alpha value is -12.5. The van der Waals surface area contributed by atoms with Gasteiger partial charge in [-0.1, -0.05) is 152 Å². The van der Waals surface area contributed by atoms with Gasteiger partial charge in [-0.2, -0.15) is 5.26 Å². The summed E-state index contributed by atoms with van der Waals surface area (Å²) in [5.41, 5.74) is 21.4. The van der Waals surface area contributed by atoms with Gasteiger partial charge in [0.05, 0.1) is 66.9 Å². The highest BCUT2D eigenvalue weighted by molar-refractivity contribution is 6.18. The SMILES string of the molecule is N#Cc1c(-n2c3ccccc3c3ccccc32)c(-n2c3ccc(-c4cccnc4)cc3c3cc(-c4cccnc4)ccc32)c(-c2ccccc2)c(-n2c3ccc(-c4cccnc4)cc3c3cc(-c4cccnc4)ccc32)c1-n1c2ccccc2c2ccccc21. The smallest absolute Gasteiger partial charge is 0.104 e. The highest BCUT2D eigenvalue weighted by atomic mass is 15.1. The molecule has 90 heavy (non-hydrogen) atoms. The van der Waals surface area contributed by atoms with E-state index in [1.807, 2.05) is 73.8 Å². The molecule has 0 aliphatic rings. The number of fused-ring (bicyclic) bond motifs is 12. The van der Waals surface area contributed by atoms with Crippen LogP contribution in [0.15, 0.2) is 298 Å². The van der Waals surface area contributed by atoms with Gasteiger partial charge in [0.2, 0.25) is 0 Å². The standard InChI is InChI=1S/C81H49N9/c82-46-68-78(87-69-26-8-4-22-60(69)61-23-5-9-27-70(61)87)80(89-73-34-30-52(56-18-12-38-83-47-56)42-64(73)65-43-53(31-35-74(65)89)57-19-13-39-84-48-57)77(51-16-2-1-3-17-51)81(79(68)88-71-28-10-6-24-62(71)63-25-7-11-29-72(63)88)90-75-36-32-54(58-20-14-40-85-49-58)44-66(75)67-45-55(33-37-76(67)90)59-21-15-41-86-50-59/h1-45,47-50H. The number of para-hydroxylation sites is 4. The first-order chi connectivity index (χ1) is 44.7. The van der Waals surface area contributed by atoms with Crippen LogP contribution < -0.4 is 0 Å². The lowest BCUT2D eigenvalue weighted by Gasteiger charge is -2.29. The van der Waals surface area contributed by atoms with Crippen molar-refractivity contribution >= 4 is 87.2 Å². The first kappa shape index (κ1) is 50.8. The van der Waals surface area contributed by atoms with Gasteiger partial charge in [-0.3, -0.25) is 19.9 Å². The average Bonchev–Trinajstić information content (AvgIpc) is 1.47. The van der Waals surface area contributed by atoms with Crippen LogP contribution in [0.25, 0.3) is 166 Å². The molecule has 0 saturated carbocycles. The lowest BCUT2D eigenvalue weighted by Crippen LogP contribution is -2.16. The molecule has 8 aromatic heterocycles. The number of nitrogens with zero attached hydrogens (tertiary/aromatic N) is 9. The highest BCUT2D eigenvalue weighted by Crippen LogP contribution is 2.53. The molecule has 0 amide bonds. The molecule has 0 aliphatic carbocycles. The second-order valence-electron chi connectivity index (χ2n) is 22.9. The summed E-state index contributed by atoms with van der Waals surface area (Å²) in [4.78, 5) is 18.4. The highest BCUT2D eigenvalue weighted by Gasteiger charge is 2.35. The van der Waals surface area contributed by atoms with Gasteiger partial charge in [-0.15, -0.1) is 0 Å². The fraction of sp³-hybridized carbons (Fsp3) is 0. The van der Waals surface area contributed by atoms with Crippen LogP contribution in [0.5, 0.6) is 0 Å². The van der Waals surface area contributed by atoms with Gasteiger partial charge < -0.3 is 18.3 Å². The number of nitriles is 1. The molecule has 8 heterocycles. The number of hydrogen-bond acceptors (Lipinski definition) is 5. The Labute approximate surface area is 516 Å². The van der Waals surface area contributed by atoms with Crippen molar-refractivity contribution < 1.29 is 0 Å². The number of benzene rings is 10. The first-order valence-electron chi connectivity index (χ1n) is 30.1. The zero-order valence-corrected chi connectivity index (χ0v) is 48.3. The molecule has 0 spiro atoms. The first-order valence-corrected chi connectivity index (χ1v) is 30.1. The van der Waals surface area contributed by atoms with E-state index in [4.69, 9.17) is 0 Å². The summed E-state index contributed by atoms with van der Waals surface area (Å²) in [6.07, 6.45) is 15.0. The van der Waals surface area contributed by atoms with Crippen LogP contribution in [0, 0.1) is 11.3 Å². The summed E-state index contributed by atoms with van der Waals surface area (Å²) in [6.45, 7) is 0. The molecule has 9 heteroatoms. The summed E-state index contributed by atoms with van der Waals surface area (Å²) in [5.74, 6) is 0.